The predicted octanol–water partition coefficient (Wildman–Crippen LogP) is 1.83. The van der Waals surface area contributed by atoms with Crippen LogP contribution in [0, 0.1) is 5.82 Å². The number of aliphatic imine (C=N–C) groups is 1. The fourth-order valence-electron chi connectivity index (χ4n) is 2.88. The summed E-state index contributed by atoms with van der Waals surface area (Å²) in [6.45, 7) is 9.18. The average Bonchev–Trinajstić information content (AvgIpc) is 2.66. The van der Waals surface area contributed by atoms with Crippen molar-refractivity contribution in [3.05, 3.63) is 30.1 Å². The zero-order valence-corrected chi connectivity index (χ0v) is 15.8. The van der Waals surface area contributed by atoms with Crippen LogP contribution in [0.15, 0.2) is 29.3 Å². The summed E-state index contributed by atoms with van der Waals surface area (Å²) in [5.41, 5.74) is 1.00. The molecule has 1 aliphatic heterocycles. The molecule has 0 aliphatic carbocycles. The molecule has 2 rings (SSSR count). The molecule has 26 heavy (non-hydrogen) atoms. The molecule has 1 saturated heterocycles. The number of carbonyl (C=O) groups excluding carboxylic acids is 1. The van der Waals surface area contributed by atoms with Crippen molar-refractivity contribution in [1.82, 2.24) is 15.5 Å². The molecule has 0 saturated carbocycles. The van der Waals surface area contributed by atoms with Crippen molar-refractivity contribution in [2.24, 2.45) is 4.99 Å². The topological polar surface area (TPSA) is 60.0 Å². The SMILES string of the molecule is CCCN=C(NCC)NCCC(=O)N1CCN(c2ccc(F)cc2)CC1. The summed E-state index contributed by atoms with van der Waals surface area (Å²) in [5.74, 6) is 0.695. The fraction of sp³-hybridized carbons (Fsp3) is 0.579. The molecule has 7 heteroatoms. The first-order valence-corrected chi connectivity index (χ1v) is 9.44. The first-order valence-electron chi connectivity index (χ1n) is 9.44. The summed E-state index contributed by atoms with van der Waals surface area (Å²) in [6.07, 6.45) is 1.45. The van der Waals surface area contributed by atoms with Gasteiger partial charge in [-0.1, -0.05) is 6.92 Å². The van der Waals surface area contributed by atoms with Gasteiger partial charge in [0, 0.05) is 57.9 Å². The van der Waals surface area contributed by atoms with E-state index < -0.39 is 0 Å². The van der Waals surface area contributed by atoms with Gasteiger partial charge >= 0.3 is 0 Å². The molecule has 0 unspecified atom stereocenters. The number of piperazine rings is 1. The quantitative estimate of drug-likeness (QED) is 0.573. The van der Waals surface area contributed by atoms with Gasteiger partial charge in [0.2, 0.25) is 5.91 Å². The monoisotopic (exact) mass is 363 g/mol. The van der Waals surface area contributed by atoms with Gasteiger partial charge in [-0.25, -0.2) is 4.39 Å². The third-order valence-corrected chi connectivity index (χ3v) is 4.29. The van der Waals surface area contributed by atoms with E-state index in [0.29, 0.717) is 26.1 Å². The number of rotatable bonds is 7. The zero-order valence-electron chi connectivity index (χ0n) is 15.8. The average molecular weight is 363 g/mol. The van der Waals surface area contributed by atoms with E-state index in [0.717, 1.165) is 44.2 Å². The molecule has 1 aromatic rings. The first-order chi connectivity index (χ1) is 12.6. The third-order valence-electron chi connectivity index (χ3n) is 4.29. The summed E-state index contributed by atoms with van der Waals surface area (Å²) < 4.78 is 13.0. The van der Waals surface area contributed by atoms with E-state index in [-0.39, 0.29) is 11.7 Å². The van der Waals surface area contributed by atoms with E-state index in [1.54, 1.807) is 12.1 Å². The third kappa shape index (κ3) is 6.20. The number of nitrogens with zero attached hydrogens (tertiary/aromatic N) is 3. The molecule has 0 radical (unpaired) electrons. The molecular formula is C19H30FN5O. The minimum atomic E-state index is -0.227. The van der Waals surface area contributed by atoms with Crippen molar-refractivity contribution in [2.75, 3.05) is 50.7 Å². The number of anilines is 1. The van der Waals surface area contributed by atoms with Gasteiger partial charge in [0.1, 0.15) is 5.82 Å². The van der Waals surface area contributed by atoms with Gasteiger partial charge in [-0.05, 0) is 37.6 Å². The van der Waals surface area contributed by atoms with Gasteiger partial charge in [0.15, 0.2) is 5.96 Å². The Balaban J connectivity index is 1.73. The largest absolute Gasteiger partial charge is 0.368 e. The van der Waals surface area contributed by atoms with Crippen molar-refractivity contribution < 1.29 is 9.18 Å². The lowest BCUT2D eigenvalue weighted by Gasteiger charge is -2.36. The second kappa shape index (κ2) is 10.6. The number of amides is 1. The van der Waals surface area contributed by atoms with Crippen molar-refractivity contribution in [1.29, 1.82) is 0 Å². The molecule has 6 nitrogen and oxygen atoms in total. The molecule has 1 amide bonds. The molecule has 1 aromatic carbocycles. The van der Waals surface area contributed by atoms with E-state index in [9.17, 15) is 9.18 Å². The van der Waals surface area contributed by atoms with Crippen molar-refractivity contribution in [3.8, 4) is 0 Å². The van der Waals surface area contributed by atoms with Gasteiger partial charge < -0.3 is 20.4 Å². The van der Waals surface area contributed by atoms with Crippen molar-refractivity contribution in [3.63, 3.8) is 0 Å². The summed E-state index contributed by atoms with van der Waals surface area (Å²) in [6, 6.07) is 6.52. The number of hydrogen-bond donors (Lipinski definition) is 2. The Labute approximate surface area is 155 Å². The van der Waals surface area contributed by atoms with E-state index in [4.69, 9.17) is 0 Å². The molecule has 0 aromatic heterocycles. The first kappa shape index (κ1) is 20.0. The van der Waals surface area contributed by atoms with Crippen LogP contribution in [0.5, 0.6) is 0 Å². The van der Waals surface area contributed by atoms with Gasteiger partial charge in [0.05, 0.1) is 0 Å². The Morgan fingerprint density at radius 1 is 1.12 bits per heavy atom. The summed E-state index contributed by atoms with van der Waals surface area (Å²) in [7, 11) is 0. The second-order valence-corrected chi connectivity index (χ2v) is 6.28. The summed E-state index contributed by atoms with van der Waals surface area (Å²) in [4.78, 5) is 20.9. The highest BCUT2D eigenvalue weighted by Gasteiger charge is 2.21. The van der Waals surface area contributed by atoms with Crippen LogP contribution in [0.3, 0.4) is 0 Å². The Hall–Kier alpha value is -2.31. The highest BCUT2D eigenvalue weighted by atomic mass is 19.1. The molecule has 0 atom stereocenters. The minimum absolute atomic E-state index is 0.155. The van der Waals surface area contributed by atoms with Gasteiger partial charge in [0.25, 0.3) is 0 Å². The Morgan fingerprint density at radius 2 is 1.81 bits per heavy atom. The normalized spacial score (nSPS) is 15.1. The van der Waals surface area contributed by atoms with Crippen LogP contribution in [-0.4, -0.2) is 62.6 Å². The van der Waals surface area contributed by atoms with Crippen molar-refractivity contribution in [2.45, 2.75) is 26.7 Å². The number of guanidine groups is 1. The molecule has 2 N–H and O–H groups in total. The summed E-state index contributed by atoms with van der Waals surface area (Å²) >= 11 is 0. The van der Waals surface area contributed by atoms with E-state index in [1.807, 2.05) is 11.8 Å². The van der Waals surface area contributed by atoms with E-state index in [1.165, 1.54) is 12.1 Å². The number of carbonyl (C=O) groups is 1. The maximum Gasteiger partial charge on any atom is 0.224 e. The van der Waals surface area contributed by atoms with E-state index in [2.05, 4.69) is 27.4 Å². The maximum atomic E-state index is 13.0. The number of nitrogens with one attached hydrogen (secondary N) is 2. The Morgan fingerprint density at radius 3 is 2.42 bits per heavy atom. The van der Waals surface area contributed by atoms with Crippen LogP contribution >= 0.6 is 0 Å². The maximum absolute atomic E-state index is 13.0. The number of hydrogen-bond acceptors (Lipinski definition) is 3. The molecule has 1 aliphatic rings. The lowest BCUT2D eigenvalue weighted by atomic mass is 10.2. The molecule has 1 heterocycles. The smallest absolute Gasteiger partial charge is 0.224 e. The molecule has 144 valence electrons. The highest BCUT2D eigenvalue weighted by Crippen LogP contribution is 2.17. The van der Waals surface area contributed by atoms with Crippen LogP contribution in [0.2, 0.25) is 0 Å². The molecular weight excluding hydrogens is 333 g/mol. The lowest BCUT2D eigenvalue weighted by Crippen LogP contribution is -2.49. The van der Waals surface area contributed by atoms with Crippen molar-refractivity contribution >= 4 is 17.6 Å². The Bertz CT molecular complexity index is 582. The predicted molar refractivity (Wildman–Crippen MR) is 104 cm³/mol. The zero-order chi connectivity index (χ0) is 18.8. The lowest BCUT2D eigenvalue weighted by molar-refractivity contribution is -0.131. The van der Waals surface area contributed by atoms with Gasteiger partial charge in [-0.15, -0.1) is 0 Å². The highest BCUT2D eigenvalue weighted by molar-refractivity contribution is 5.81. The summed E-state index contributed by atoms with van der Waals surface area (Å²) in [5, 5.41) is 6.39. The van der Waals surface area contributed by atoms with Gasteiger partial charge in [-0.3, -0.25) is 9.79 Å². The van der Waals surface area contributed by atoms with Crippen LogP contribution in [0.25, 0.3) is 0 Å². The number of halogens is 1. The fourth-order valence-corrected chi connectivity index (χ4v) is 2.88. The van der Waals surface area contributed by atoms with Crippen LogP contribution in [-0.2, 0) is 4.79 Å². The standard InChI is InChI=1S/C19H30FN5O/c1-3-10-22-19(21-4-2)23-11-9-18(26)25-14-12-24(13-15-25)17-7-5-16(20)6-8-17/h5-8H,3-4,9-15H2,1-2H3,(H2,21,22,23). The molecule has 1 fully saturated rings. The van der Waals surface area contributed by atoms with Gasteiger partial charge in [-0.2, -0.15) is 0 Å². The van der Waals surface area contributed by atoms with Crippen LogP contribution in [0.4, 0.5) is 10.1 Å². The number of benzene rings is 1. The van der Waals surface area contributed by atoms with E-state index >= 15 is 0 Å². The Kier molecular flexibility index (Phi) is 8.18. The molecule has 0 spiro atoms. The second-order valence-electron chi connectivity index (χ2n) is 6.28. The minimum Gasteiger partial charge on any atom is -0.368 e. The van der Waals surface area contributed by atoms with Crippen LogP contribution < -0.4 is 15.5 Å². The van der Waals surface area contributed by atoms with Crippen LogP contribution in [0.1, 0.15) is 26.7 Å². The molecule has 0 bridgehead atoms.